The predicted molar refractivity (Wildman–Crippen MR) is 59.2 cm³/mol. The van der Waals surface area contributed by atoms with Crippen LogP contribution in [0.25, 0.3) is 5.78 Å². The lowest BCUT2D eigenvalue weighted by Gasteiger charge is -2.10. The maximum Gasteiger partial charge on any atom is 0.365 e. The van der Waals surface area contributed by atoms with Crippen LogP contribution in [0, 0.1) is 0 Å². The third kappa shape index (κ3) is 1.70. The Hall–Kier alpha value is -1.77. The predicted octanol–water partition coefficient (Wildman–Crippen LogP) is -1.76. The second-order valence-electron chi connectivity index (χ2n) is 4.24. The monoisotopic (exact) mass is 252 g/mol. The molecule has 2 aromatic heterocycles. The second-order valence-corrected chi connectivity index (χ2v) is 4.24. The van der Waals surface area contributed by atoms with Crippen molar-refractivity contribution in [1.82, 2.24) is 14.5 Å². The van der Waals surface area contributed by atoms with Crippen LogP contribution >= 0.6 is 0 Å². The number of imidazole rings is 1. The van der Waals surface area contributed by atoms with Gasteiger partial charge in [-0.05, 0) is 0 Å². The number of ether oxygens (including phenoxy) is 1. The molecule has 1 saturated heterocycles. The van der Waals surface area contributed by atoms with Crippen LogP contribution in [-0.4, -0.2) is 43.6 Å². The standard InChI is InChI=1S/C10H13N5O3/c11-9-12-5-14-1-2-15(10(14)13-9)8-3-6(17)7(4-16)18-8/h1-2,5-8,11,16-17H,3-4H2/p+1/t6-,7+,8?/m0/s1. The Kier molecular flexibility index (Phi) is 2.62. The van der Waals surface area contributed by atoms with Crippen LogP contribution in [-0.2, 0) is 4.74 Å². The molecule has 0 radical (unpaired) electrons. The largest absolute Gasteiger partial charge is 0.394 e. The fourth-order valence-corrected chi connectivity index (χ4v) is 2.14. The summed E-state index contributed by atoms with van der Waals surface area (Å²) in [6, 6.07) is 0. The summed E-state index contributed by atoms with van der Waals surface area (Å²) in [5, 5.41) is 18.8. The van der Waals surface area contributed by atoms with Crippen molar-refractivity contribution in [3.8, 4) is 0 Å². The van der Waals surface area contributed by atoms with Crippen LogP contribution in [0.4, 0.5) is 5.95 Å². The van der Waals surface area contributed by atoms with Crippen LogP contribution in [0.2, 0.25) is 0 Å². The van der Waals surface area contributed by atoms with Gasteiger partial charge in [-0.15, -0.1) is 0 Å². The van der Waals surface area contributed by atoms with Crippen molar-refractivity contribution in [3.63, 3.8) is 0 Å². The van der Waals surface area contributed by atoms with E-state index in [2.05, 4.69) is 9.97 Å². The lowest BCUT2D eigenvalue weighted by atomic mass is 10.2. The zero-order chi connectivity index (χ0) is 12.7. The topological polar surface area (TPSA) is 111 Å². The minimum Gasteiger partial charge on any atom is -0.394 e. The van der Waals surface area contributed by atoms with Gasteiger partial charge in [-0.3, -0.25) is 0 Å². The molecule has 18 heavy (non-hydrogen) atoms. The number of hydrogen-bond acceptors (Lipinski definition) is 6. The highest BCUT2D eigenvalue weighted by atomic mass is 16.5. The van der Waals surface area contributed by atoms with E-state index in [9.17, 15) is 5.11 Å². The van der Waals surface area contributed by atoms with Gasteiger partial charge < -0.3 is 20.7 Å². The highest BCUT2D eigenvalue weighted by Gasteiger charge is 2.37. The molecule has 4 N–H and O–H groups in total. The highest BCUT2D eigenvalue weighted by Crippen LogP contribution is 2.28. The summed E-state index contributed by atoms with van der Waals surface area (Å²) in [4.78, 5) is 8.00. The summed E-state index contributed by atoms with van der Waals surface area (Å²) in [5.41, 5.74) is 5.55. The first-order chi connectivity index (χ1) is 8.69. The van der Waals surface area contributed by atoms with Gasteiger partial charge in [0.2, 0.25) is 6.33 Å². The zero-order valence-electron chi connectivity index (χ0n) is 9.55. The van der Waals surface area contributed by atoms with Gasteiger partial charge in [0.1, 0.15) is 6.10 Å². The number of nitrogens with zero attached hydrogens (tertiary/aromatic N) is 4. The maximum absolute atomic E-state index is 9.72. The first kappa shape index (κ1) is 11.3. The van der Waals surface area contributed by atoms with Gasteiger partial charge >= 0.3 is 11.7 Å². The third-order valence-corrected chi connectivity index (χ3v) is 3.07. The fourth-order valence-electron chi connectivity index (χ4n) is 2.14. The number of aliphatic hydroxyl groups excluding tert-OH is 2. The van der Waals surface area contributed by atoms with Gasteiger partial charge in [0.25, 0.3) is 0 Å². The number of fused-ring (bicyclic) bond motifs is 1. The van der Waals surface area contributed by atoms with Crippen molar-refractivity contribution >= 4 is 11.7 Å². The molecular formula is C10H14N5O3+. The molecule has 2 aromatic rings. The van der Waals surface area contributed by atoms with Crippen molar-refractivity contribution in [1.29, 1.82) is 0 Å². The molecule has 0 amide bonds. The molecule has 0 aromatic carbocycles. The molecule has 3 heterocycles. The SMILES string of the molecule is Nc1nc[n+]2ccn(C3C[C@H](O)[C@@H](CO)O3)c2n1. The van der Waals surface area contributed by atoms with E-state index >= 15 is 0 Å². The molecule has 1 aliphatic rings. The Labute approximate surface area is 102 Å². The Bertz CT molecular complexity index is 572. The fraction of sp³-hybridized carbons (Fsp3) is 0.500. The molecule has 0 bridgehead atoms. The Balaban J connectivity index is 1.98. The highest BCUT2D eigenvalue weighted by molar-refractivity contribution is 5.26. The van der Waals surface area contributed by atoms with Crippen LogP contribution in [0.3, 0.4) is 0 Å². The molecule has 8 heteroatoms. The number of nitrogen functional groups attached to an aromatic ring is 1. The minimum atomic E-state index is -0.679. The van der Waals surface area contributed by atoms with Crippen molar-refractivity contribution in [3.05, 3.63) is 18.7 Å². The van der Waals surface area contributed by atoms with Gasteiger partial charge in [-0.2, -0.15) is 4.40 Å². The van der Waals surface area contributed by atoms with Crippen LogP contribution in [0.15, 0.2) is 18.7 Å². The summed E-state index contributed by atoms with van der Waals surface area (Å²) in [6.07, 6.45) is 3.91. The van der Waals surface area contributed by atoms with Crippen molar-refractivity contribution in [2.75, 3.05) is 12.3 Å². The first-order valence-corrected chi connectivity index (χ1v) is 5.63. The van der Waals surface area contributed by atoms with Gasteiger partial charge in [-0.25, -0.2) is 4.57 Å². The molecular weight excluding hydrogens is 238 g/mol. The lowest BCUT2D eigenvalue weighted by Crippen LogP contribution is -2.25. The van der Waals surface area contributed by atoms with E-state index in [0.29, 0.717) is 12.2 Å². The Morgan fingerprint density at radius 1 is 1.61 bits per heavy atom. The van der Waals surface area contributed by atoms with Crippen molar-refractivity contribution in [2.24, 2.45) is 0 Å². The van der Waals surface area contributed by atoms with Gasteiger partial charge in [-0.1, -0.05) is 9.97 Å². The minimum absolute atomic E-state index is 0.173. The summed E-state index contributed by atoms with van der Waals surface area (Å²) in [6.45, 7) is -0.207. The van der Waals surface area contributed by atoms with Crippen molar-refractivity contribution < 1.29 is 19.4 Å². The van der Waals surface area contributed by atoms with Gasteiger partial charge in [0.05, 0.1) is 25.1 Å². The van der Waals surface area contributed by atoms with E-state index in [1.54, 1.807) is 27.7 Å². The van der Waals surface area contributed by atoms with Gasteiger partial charge in [0.15, 0.2) is 6.23 Å². The molecule has 0 aliphatic carbocycles. The van der Waals surface area contributed by atoms with E-state index in [1.165, 1.54) is 0 Å². The molecule has 1 aliphatic heterocycles. The molecule has 0 saturated carbocycles. The number of anilines is 1. The van der Waals surface area contributed by atoms with Crippen LogP contribution in [0.5, 0.6) is 0 Å². The van der Waals surface area contributed by atoms with E-state index in [-0.39, 0.29) is 18.8 Å². The third-order valence-electron chi connectivity index (χ3n) is 3.07. The number of nitrogens with two attached hydrogens (primary N) is 1. The number of hydrogen-bond donors (Lipinski definition) is 3. The van der Waals surface area contributed by atoms with E-state index in [0.717, 1.165) is 0 Å². The summed E-state index contributed by atoms with van der Waals surface area (Å²) in [5.74, 6) is 0.755. The zero-order valence-corrected chi connectivity index (χ0v) is 9.55. The number of aromatic nitrogens is 4. The van der Waals surface area contributed by atoms with Gasteiger partial charge in [0, 0.05) is 6.42 Å². The molecule has 1 unspecified atom stereocenters. The molecule has 0 spiro atoms. The number of rotatable bonds is 2. The average molecular weight is 252 g/mol. The average Bonchev–Trinajstić information content (AvgIpc) is 2.91. The normalized spacial score (nSPS) is 28.0. The van der Waals surface area contributed by atoms with Crippen molar-refractivity contribution in [2.45, 2.75) is 24.9 Å². The molecule has 1 fully saturated rings. The lowest BCUT2D eigenvalue weighted by molar-refractivity contribution is -0.517. The van der Waals surface area contributed by atoms with E-state index in [1.807, 2.05) is 0 Å². The smallest absolute Gasteiger partial charge is 0.365 e. The maximum atomic E-state index is 9.72. The Morgan fingerprint density at radius 3 is 3.17 bits per heavy atom. The van der Waals surface area contributed by atoms with E-state index < -0.39 is 12.2 Å². The molecule has 8 nitrogen and oxygen atoms in total. The molecule has 96 valence electrons. The van der Waals surface area contributed by atoms with Crippen LogP contribution < -0.4 is 10.1 Å². The summed E-state index contributed by atoms with van der Waals surface area (Å²) in [7, 11) is 0. The first-order valence-electron chi connectivity index (χ1n) is 5.63. The molecule has 3 atom stereocenters. The number of aliphatic hydroxyl groups is 2. The summed E-state index contributed by atoms with van der Waals surface area (Å²) < 4.78 is 9.03. The van der Waals surface area contributed by atoms with E-state index in [4.69, 9.17) is 15.6 Å². The second kappa shape index (κ2) is 4.16. The summed E-state index contributed by atoms with van der Waals surface area (Å²) >= 11 is 0. The quantitative estimate of drug-likeness (QED) is 0.546. The van der Waals surface area contributed by atoms with Crippen LogP contribution in [0.1, 0.15) is 12.6 Å². The molecule has 3 rings (SSSR count). The Morgan fingerprint density at radius 2 is 2.44 bits per heavy atom.